The van der Waals surface area contributed by atoms with Crippen molar-refractivity contribution in [1.82, 2.24) is 14.9 Å². The van der Waals surface area contributed by atoms with Crippen molar-refractivity contribution in [2.45, 2.75) is 13.0 Å². The van der Waals surface area contributed by atoms with Crippen molar-refractivity contribution in [3.05, 3.63) is 83.9 Å². The first kappa shape index (κ1) is 24.9. The molecule has 0 fully saturated rings. The number of nitriles is 1. The van der Waals surface area contributed by atoms with Gasteiger partial charge in [0.2, 0.25) is 11.9 Å². The molecule has 1 aromatic heterocycles. The van der Waals surface area contributed by atoms with Crippen LogP contribution >= 0.6 is 0 Å². The lowest BCUT2D eigenvalue weighted by Gasteiger charge is -2.17. The summed E-state index contributed by atoms with van der Waals surface area (Å²) < 4.78 is 1.74. The maximum atomic E-state index is 12.9. The van der Waals surface area contributed by atoms with Crippen molar-refractivity contribution in [2.75, 3.05) is 29.6 Å². The third-order valence-electron chi connectivity index (χ3n) is 5.78. The Labute approximate surface area is 213 Å². The number of nitrogens with one attached hydrogen (secondary N) is 3. The molecular formula is C27H25N7O3. The molecule has 4 rings (SSSR count). The molecule has 0 unspecified atom stereocenters. The van der Waals surface area contributed by atoms with Gasteiger partial charge in [0.25, 0.3) is 5.91 Å². The molecule has 0 atom stereocenters. The molecule has 4 amide bonds. The number of urea groups is 1. The summed E-state index contributed by atoms with van der Waals surface area (Å²) in [4.78, 5) is 43.6. The number of amides is 4. The van der Waals surface area contributed by atoms with Gasteiger partial charge in [0.05, 0.1) is 22.7 Å². The Morgan fingerprint density at radius 1 is 1.00 bits per heavy atom. The lowest BCUT2D eigenvalue weighted by atomic mass is 10.2. The number of fused-ring (bicyclic) bond motifs is 1. The first-order valence-electron chi connectivity index (χ1n) is 11.5. The number of anilines is 3. The zero-order chi connectivity index (χ0) is 26.4. The Bertz CT molecular complexity index is 1490. The number of carbonyl (C=O) groups is 3. The summed E-state index contributed by atoms with van der Waals surface area (Å²) in [5.41, 5.74) is 3.42. The molecule has 0 bridgehead atoms. The van der Waals surface area contributed by atoms with Gasteiger partial charge in [0, 0.05) is 44.0 Å². The van der Waals surface area contributed by atoms with Gasteiger partial charge in [-0.1, -0.05) is 18.2 Å². The Balaban J connectivity index is 1.61. The molecule has 0 saturated heterocycles. The summed E-state index contributed by atoms with van der Waals surface area (Å²) >= 11 is 0. The topological polar surface area (TPSA) is 132 Å². The minimum atomic E-state index is -0.530. The summed E-state index contributed by atoms with van der Waals surface area (Å²) in [5.74, 6) is -0.0713. The van der Waals surface area contributed by atoms with Gasteiger partial charge in [0.1, 0.15) is 0 Å². The van der Waals surface area contributed by atoms with E-state index in [9.17, 15) is 14.4 Å². The van der Waals surface area contributed by atoms with Crippen molar-refractivity contribution >= 4 is 46.2 Å². The standard InChI is InChI=1S/C27H25N7O3/c1-29-24(35)14-15-34-23-13-12-21(33(2)25(36)19-6-4-3-5-7-19)16-22(23)31-26(34)32-27(37)30-20-10-8-18(17-28)9-11-20/h3-13,16H,14-15H2,1-2H3,(H,29,35)(H2,30,31,32,37). The van der Waals surface area contributed by atoms with E-state index < -0.39 is 6.03 Å². The molecule has 0 saturated carbocycles. The predicted octanol–water partition coefficient (Wildman–Crippen LogP) is 3.96. The van der Waals surface area contributed by atoms with Gasteiger partial charge in [-0.05, 0) is 54.6 Å². The van der Waals surface area contributed by atoms with Crippen LogP contribution in [0.2, 0.25) is 0 Å². The maximum absolute atomic E-state index is 12.9. The number of imidazole rings is 1. The van der Waals surface area contributed by atoms with Crippen molar-refractivity contribution < 1.29 is 14.4 Å². The molecule has 1 heterocycles. The van der Waals surface area contributed by atoms with Gasteiger partial charge in [-0.3, -0.25) is 14.9 Å². The minimum Gasteiger partial charge on any atom is -0.359 e. The van der Waals surface area contributed by atoms with E-state index >= 15 is 0 Å². The molecule has 37 heavy (non-hydrogen) atoms. The van der Waals surface area contributed by atoms with Crippen LogP contribution in [0.3, 0.4) is 0 Å². The van der Waals surface area contributed by atoms with Crippen LogP contribution in [0, 0.1) is 11.3 Å². The molecule has 0 aliphatic heterocycles. The van der Waals surface area contributed by atoms with Gasteiger partial charge >= 0.3 is 6.03 Å². The van der Waals surface area contributed by atoms with Crippen molar-refractivity contribution in [2.24, 2.45) is 0 Å². The molecule has 10 heteroatoms. The van der Waals surface area contributed by atoms with Gasteiger partial charge in [-0.15, -0.1) is 0 Å². The second-order valence-electron chi connectivity index (χ2n) is 8.18. The van der Waals surface area contributed by atoms with Crippen LogP contribution in [0.1, 0.15) is 22.3 Å². The lowest BCUT2D eigenvalue weighted by molar-refractivity contribution is -0.120. The second-order valence-corrected chi connectivity index (χ2v) is 8.18. The number of hydrogen-bond donors (Lipinski definition) is 3. The fraction of sp³-hybridized carbons (Fsp3) is 0.148. The van der Waals surface area contributed by atoms with Crippen LogP contribution < -0.4 is 20.9 Å². The normalized spacial score (nSPS) is 10.4. The summed E-state index contributed by atoms with van der Waals surface area (Å²) in [6.45, 7) is 0.279. The monoisotopic (exact) mass is 495 g/mol. The van der Waals surface area contributed by atoms with Gasteiger partial charge in [-0.25, -0.2) is 9.78 Å². The van der Waals surface area contributed by atoms with E-state index in [-0.39, 0.29) is 30.7 Å². The lowest BCUT2D eigenvalue weighted by Crippen LogP contribution is -2.26. The number of carbonyl (C=O) groups excluding carboxylic acids is 3. The maximum Gasteiger partial charge on any atom is 0.326 e. The molecule has 3 aromatic carbocycles. The molecule has 10 nitrogen and oxygen atoms in total. The van der Waals surface area contributed by atoms with E-state index in [1.807, 2.05) is 12.1 Å². The summed E-state index contributed by atoms with van der Waals surface area (Å²) in [5, 5.41) is 17.0. The molecule has 0 aliphatic rings. The van der Waals surface area contributed by atoms with Gasteiger partial charge in [-0.2, -0.15) is 5.26 Å². The SMILES string of the molecule is CNC(=O)CCn1c(NC(=O)Nc2ccc(C#N)cc2)nc2cc(N(C)C(=O)c3ccccc3)ccc21. The highest BCUT2D eigenvalue weighted by Crippen LogP contribution is 2.26. The Kier molecular flexibility index (Phi) is 7.45. The van der Waals surface area contributed by atoms with E-state index in [1.54, 1.807) is 85.4 Å². The predicted molar refractivity (Wildman–Crippen MR) is 141 cm³/mol. The van der Waals surface area contributed by atoms with Crippen molar-refractivity contribution in [3.8, 4) is 6.07 Å². The van der Waals surface area contributed by atoms with Crippen LogP contribution in [-0.2, 0) is 11.3 Å². The third kappa shape index (κ3) is 5.74. The highest BCUT2D eigenvalue weighted by atomic mass is 16.2. The zero-order valence-corrected chi connectivity index (χ0v) is 20.4. The average Bonchev–Trinajstić information content (AvgIpc) is 3.27. The Hall–Kier alpha value is -5.17. The van der Waals surface area contributed by atoms with E-state index in [4.69, 9.17) is 5.26 Å². The highest BCUT2D eigenvalue weighted by molar-refractivity contribution is 6.06. The molecule has 0 aliphatic carbocycles. The molecular weight excluding hydrogens is 470 g/mol. The Morgan fingerprint density at radius 2 is 1.73 bits per heavy atom. The summed E-state index contributed by atoms with van der Waals surface area (Å²) in [6.07, 6.45) is 0.183. The summed E-state index contributed by atoms with van der Waals surface area (Å²) in [7, 11) is 3.24. The number of rotatable bonds is 7. The van der Waals surface area contributed by atoms with Crippen LogP contribution in [0.25, 0.3) is 11.0 Å². The van der Waals surface area contributed by atoms with Crippen molar-refractivity contribution in [1.29, 1.82) is 5.26 Å². The van der Waals surface area contributed by atoms with Crippen LogP contribution in [-0.4, -0.2) is 41.5 Å². The first-order chi connectivity index (χ1) is 17.9. The smallest absolute Gasteiger partial charge is 0.326 e. The first-order valence-corrected chi connectivity index (χ1v) is 11.5. The number of aromatic nitrogens is 2. The zero-order valence-electron chi connectivity index (χ0n) is 20.4. The number of hydrogen-bond acceptors (Lipinski definition) is 5. The van der Waals surface area contributed by atoms with Crippen molar-refractivity contribution in [3.63, 3.8) is 0 Å². The minimum absolute atomic E-state index is 0.153. The van der Waals surface area contributed by atoms with Crippen LogP contribution in [0.15, 0.2) is 72.8 Å². The fourth-order valence-corrected chi connectivity index (χ4v) is 3.77. The molecule has 0 spiro atoms. The van der Waals surface area contributed by atoms with E-state index in [1.165, 1.54) is 4.90 Å². The van der Waals surface area contributed by atoms with Crippen LogP contribution in [0.5, 0.6) is 0 Å². The number of aryl methyl sites for hydroxylation is 1. The Morgan fingerprint density at radius 3 is 2.41 bits per heavy atom. The highest BCUT2D eigenvalue weighted by Gasteiger charge is 2.18. The fourth-order valence-electron chi connectivity index (χ4n) is 3.77. The van der Waals surface area contributed by atoms with Gasteiger partial charge in [0.15, 0.2) is 0 Å². The van der Waals surface area contributed by atoms with E-state index in [2.05, 4.69) is 20.9 Å². The molecule has 3 N–H and O–H groups in total. The van der Waals surface area contributed by atoms with Crippen LogP contribution in [0.4, 0.5) is 22.1 Å². The molecule has 0 radical (unpaired) electrons. The second kappa shape index (κ2) is 11.0. The quantitative estimate of drug-likeness (QED) is 0.357. The number of nitrogens with zero attached hydrogens (tertiary/aromatic N) is 4. The van der Waals surface area contributed by atoms with Gasteiger partial charge < -0.3 is 20.1 Å². The summed E-state index contributed by atoms with van der Waals surface area (Å²) in [6, 6.07) is 22.3. The molecule has 186 valence electrons. The molecule has 4 aromatic rings. The van der Waals surface area contributed by atoms with E-state index in [0.29, 0.717) is 33.5 Å². The van der Waals surface area contributed by atoms with E-state index in [0.717, 1.165) is 0 Å². The largest absolute Gasteiger partial charge is 0.359 e. The third-order valence-corrected chi connectivity index (χ3v) is 5.78. The number of benzene rings is 3. The average molecular weight is 496 g/mol.